The Labute approximate surface area is 60.9 Å². The molecule has 58 valence electrons. The number of esters is 2. The number of carbonyl (C=O) groups is 3. The topological polar surface area (TPSA) is 80.7 Å². The molecular formula is C6H4O5. The van der Waals surface area contributed by atoms with E-state index in [1.165, 1.54) is 0 Å². The van der Waals surface area contributed by atoms with E-state index in [2.05, 4.69) is 4.74 Å². The highest BCUT2D eigenvalue weighted by molar-refractivity contribution is 6.16. The first kappa shape index (κ1) is 6.33. The lowest BCUT2D eigenvalue weighted by molar-refractivity contribution is -0.160. The smallest absolute Gasteiger partial charge is 0.332 e. The second-order valence-corrected chi connectivity index (χ2v) is 2.74. The Bertz CT molecular complexity index is 281. The highest BCUT2D eigenvalue weighted by Gasteiger charge is 2.76. The molecule has 1 saturated heterocycles. The van der Waals surface area contributed by atoms with Crippen molar-refractivity contribution in [2.75, 3.05) is 0 Å². The Hall–Kier alpha value is -1.39. The van der Waals surface area contributed by atoms with Gasteiger partial charge in [0.2, 0.25) is 0 Å². The summed E-state index contributed by atoms with van der Waals surface area (Å²) in [7, 11) is 0. The average Bonchev–Trinajstić information content (AvgIpc) is 2.56. The lowest BCUT2D eigenvalue weighted by atomic mass is 10.1. The molecular weight excluding hydrogens is 152 g/mol. The number of ether oxygens (including phenoxy) is 1. The van der Waals surface area contributed by atoms with Crippen molar-refractivity contribution in [3.8, 4) is 0 Å². The normalized spacial score (nSPS) is 39.8. The lowest BCUT2D eigenvalue weighted by Crippen LogP contribution is -2.23. The molecule has 1 aliphatic heterocycles. The first-order valence-electron chi connectivity index (χ1n) is 3.08. The zero-order valence-corrected chi connectivity index (χ0v) is 5.36. The van der Waals surface area contributed by atoms with Gasteiger partial charge in [0.25, 0.3) is 0 Å². The molecule has 1 heterocycles. The number of hydrogen-bond acceptors (Lipinski definition) is 4. The maximum Gasteiger partial charge on any atom is 0.332 e. The number of aliphatic carboxylic acids is 1. The van der Waals surface area contributed by atoms with Gasteiger partial charge in [0, 0.05) is 0 Å². The van der Waals surface area contributed by atoms with Gasteiger partial charge in [-0.2, -0.15) is 0 Å². The third-order valence-corrected chi connectivity index (χ3v) is 2.18. The first-order valence-corrected chi connectivity index (χ1v) is 3.08. The fourth-order valence-corrected chi connectivity index (χ4v) is 1.35. The molecule has 0 aromatic carbocycles. The summed E-state index contributed by atoms with van der Waals surface area (Å²) < 4.78 is 4.13. The van der Waals surface area contributed by atoms with Gasteiger partial charge in [-0.3, -0.25) is 14.4 Å². The monoisotopic (exact) mass is 156 g/mol. The van der Waals surface area contributed by atoms with Crippen LogP contribution in [0.5, 0.6) is 0 Å². The second kappa shape index (κ2) is 1.44. The lowest BCUT2D eigenvalue weighted by Gasteiger charge is -1.98. The molecule has 5 nitrogen and oxygen atoms in total. The van der Waals surface area contributed by atoms with E-state index in [4.69, 9.17) is 5.11 Å². The molecule has 0 bridgehead atoms. The van der Waals surface area contributed by atoms with Gasteiger partial charge in [-0.15, -0.1) is 0 Å². The van der Waals surface area contributed by atoms with Gasteiger partial charge in [0.1, 0.15) is 0 Å². The highest BCUT2D eigenvalue weighted by Crippen LogP contribution is 2.58. The van der Waals surface area contributed by atoms with Gasteiger partial charge in [0.15, 0.2) is 5.41 Å². The predicted octanol–water partition coefficient (Wildman–Crippen LogP) is -0.839. The molecule has 0 unspecified atom stereocenters. The first-order chi connectivity index (χ1) is 5.09. The number of rotatable bonds is 1. The predicted molar refractivity (Wildman–Crippen MR) is 29.3 cm³/mol. The van der Waals surface area contributed by atoms with Crippen molar-refractivity contribution in [3.63, 3.8) is 0 Å². The molecule has 1 N–H and O–H groups in total. The van der Waals surface area contributed by atoms with Crippen LogP contribution in [0.3, 0.4) is 0 Å². The Balaban J connectivity index is 2.40. The van der Waals surface area contributed by atoms with Gasteiger partial charge in [0.05, 0.1) is 5.92 Å². The molecule has 11 heavy (non-hydrogen) atoms. The van der Waals surface area contributed by atoms with E-state index < -0.39 is 29.2 Å². The minimum Gasteiger partial charge on any atom is -0.480 e. The van der Waals surface area contributed by atoms with Gasteiger partial charge in [-0.1, -0.05) is 0 Å². The molecule has 2 fully saturated rings. The molecule has 5 heteroatoms. The van der Waals surface area contributed by atoms with Crippen LogP contribution in [0.4, 0.5) is 0 Å². The molecule has 1 aliphatic carbocycles. The zero-order chi connectivity index (χ0) is 8.22. The van der Waals surface area contributed by atoms with Crippen LogP contribution in [0.2, 0.25) is 0 Å². The number of fused-ring (bicyclic) bond motifs is 1. The molecule has 2 atom stereocenters. The van der Waals surface area contributed by atoms with Crippen molar-refractivity contribution >= 4 is 17.9 Å². The van der Waals surface area contributed by atoms with E-state index in [1.54, 1.807) is 0 Å². The number of carboxylic acid groups (broad SMARTS) is 1. The van der Waals surface area contributed by atoms with E-state index in [-0.39, 0.29) is 6.42 Å². The van der Waals surface area contributed by atoms with Crippen LogP contribution in [0.1, 0.15) is 6.42 Å². The van der Waals surface area contributed by atoms with Crippen LogP contribution in [-0.2, 0) is 19.1 Å². The summed E-state index contributed by atoms with van der Waals surface area (Å²) in [4.78, 5) is 31.9. The van der Waals surface area contributed by atoms with E-state index in [9.17, 15) is 14.4 Å². The van der Waals surface area contributed by atoms with E-state index >= 15 is 0 Å². The summed E-state index contributed by atoms with van der Waals surface area (Å²) in [5.74, 6) is -3.57. The second-order valence-electron chi connectivity index (χ2n) is 2.74. The van der Waals surface area contributed by atoms with Crippen LogP contribution in [0, 0.1) is 11.3 Å². The van der Waals surface area contributed by atoms with Crippen molar-refractivity contribution in [3.05, 3.63) is 0 Å². The number of hydrogen-bond donors (Lipinski definition) is 1. The van der Waals surface area contributed by atoms with E-state index in [1.807, 2.05) is 0 Å². The van der Waals surface area contributed by atoms with Crippen LogP contribution >= 0.6 is 0 Å². The maximum atomic E-state index is 10.8. The summed E-state index contributed by atoms with van der Waals surface area (Å²) in [6, 6.07) is 0. The molecule has 0 aromatic rings. The molecule has 0 aromatic heterocycles. The van der Waals surface area contributed by atoms with Gasteiger partial charge in [-0.05, 0) is 6.42 Å². The van der Waals surface area contributed by atoms with Gasteiger partial charge < -0.3 is 9.84 Å². The Morgan fingerprint density at radius 3 is 2.45 bits per heavy atom. The molecule has 2 aliphatic rings. The van der Waals surface area contributed by atoms with Crippen molar-refractivity contribution in [1.82, 2.24) is 0 Å². The van der Waals surface area contributed by atoms with Gasteiger partial charge >= 0.3 is 17.9 Å². The minimum absolute atomic E-state index is 0.111. The van der Waals surface area contributed by atoms with E-state index in [0.717, 1.165) is 0 Å². The van der Waals surface area contributed by atoms with Crippen molar-refractivity contribution in [2.45, 2.75) is 6.42 Å². The summed E-state index contributed by atoms with van der Waals surface area (Å²) in [5, 5.41) is 8.55. The van der Waals surface area contributed by atoms with Crippen molar-refractivity contribution in [2.24, 2.45) is 11.3 Å². The third-order valence-electron chi connectivity index (χ3n) is 2.18. The Morgan fingerprint density at radius 1 is 1.64 bits per heavy atom. The standard InChI is InChI=1S/C6H4O5/c7-3-2-1-6(2,4(8)9)5(10)11-3/h2H,1H2,(H,8,9)/t2-,6-/m1/s1. The number of carbonyl (C=O) groups excluding carboxylic acids is 2. The van der Waals surface area contributed by atoms with Crippen LogP contribution in [0.25, 0.3) is 0 Å². The summed E-state index contributed by atoms with van der Waals surface area (Å²) in [6.07, 6.45) is 0.111. The summed E-state index contributed by atoms with van der Waals surface area (Å²) in [6.45, 7) is 0. The van der Waals surface area contributed by atoms with Crippen LogP contribution in [0.15, 0.2) is 0 Å². The maximum absolute atomic E-state index is 10.8. The molecule has 1 saturated carbocycles. The Kier molecular flexibility index (Phi) is 0.828. The van der Waals surface area contributed by atoms with Crippen molar-refractivity contribution < 1.29 is 24.2 Å². The largest absolute Gasteiger partial charge is 0.480 e. The van der Waals surface area contributed by atoms with Gasteiger partial charge in [-0.25, -0.2) is 0 Å². The Morgan fingerprint density at radius 2 is 2.27 bits per heavy atom. The molecule has 0 radical (unpaired) electrons. The highest BCUT2D eigenvalue weighted by atomic mass is 16.6. The quantitative estimate of drug-likeness (QED) is 0.395. The van der Waals surface area contributed by atoms with Crippen LogP contribution < -0.4 is 0 Å². The minimum atomic E-state index is -1.50. The average molecular weight is 156 g/mol. The fraction of sp³-hybridized carbons (Fsp3) is 0.500. The molecule has 2 rings (SSSR count). The third kappa shape index (κ3) is 0.493. The summed E-state index contributed by atoms with van der Waals surface area (Å²) >= 11 is 0. The van der Waals surface area contributed by atoms with Crippen molar-refractivity contribution in [1.29, 1.82) is 0 Å². The molecule has 0 amide bonds. The summed E-state index contributed by atoms with van der Waals surface area (Å²) in [5.41, 5.74) is -1.50. The number of cyclic esters (lactones) is 2. The van der Waals surface area contributed by atoms with E-state index in [0.29, 0.717) is 0 Å². The number of carboxylic acids is 1. The van der Waals surface area contributed by atoms with Crippen LogP contribution in [-0.4, -0.2) is 23.0 Å². The SMILES string of the molecule is O=C1OC(=O)[C@]2(C(=O)O)C[C@H]12. The molecule has 0 spiro atoms. The fourth-order valence-electron chi connectivity index (χ4n) is 1.35. The zero-order valence-electron chi connectivity index (χ0n) is 5.36.